The number of imide groups is 1. The van der Waals surface area contributed by atoms with Crippen LogP contribution in [0.15, 0.2) is 24.3 Å². The van der Waals surface area contributed by atoms with Crippen LogP contribution in [0.1, 0.15) is 43.0 Å². The Kier molecular flexibility index (Phi) is 5.18. The van der Waals surface area contributed by atoms with Crippen LogP contribution in [-0.4, -0.2) is 46.9 Å². The van der Waals surface area contributed by atoms with Crippen LogP contribution in [-0.2, 0) is 9.59 Å². The molecule has 1 saturated heterocycles. The number of hydrogen-bond donors (Lipinski definition) is 1. The Morgan fingerprint density at radius 3 is 2.48 bits per heavy atom. The lowest BCUT2D eigenvalue weighted by Gasteiger charge is -2.19. The summed E-state index contributed by atoms with van der Waals surface area (Å²) in [7, 11) is 0. The lowest BCUT2D eigenvalue weighted by Crippen LogP contribution is -2.40. The van der Waals surface area contributed by atoms with Gasteiger partial charge in [-0.2, -0.15) is 0 Å². The first kappa shape index (κ1) is 17.6. The minimum Gasteiger partial charge on any atom is -0.491 e. The molecule has 0 radical (unpaired) electrons. The first-order chi connectivity index (χ1) is 12.0. The fraction of sp³-hybridized carbons (Fsp3) is 0.526. The SMILES string of the molecule is CC(=O)c1cccc(OC[C@H](O)CN2C(=O)[C@H]3CCCC[C@H]3C2=O)c1. The number of hydrogen-bond acceptors (Lipinski definition) is 5. The van der Waals surface area contributed by atoms with Gasteiger partial charge >= 0.3 is 0 Å². The molecule has 1 N–H and O–H groups in total. The number of aliphatic hydroxyl groups excluding tert-OH is 1. The molecule has 3 rings (SSSR count). The topological polar surface area (TPSA) is 83.9 Å². The molecule has 0 spiro atoms. The fourth-order valence-corrected chi connectivity index (χ4v) is 3.67. The van der Waals surface area contributed by atoms with Gasteiger partial charge in [0.25, 0.3) is 0 Å². The molecule has 1 aliphatic heterocycles. The summed E-state index contributed by atoms with van der Waals surface area (Å²) in [6.07, 6.45) is 2.51. The number of β-amino-alcohol motifs (C(OH)–C–C–N with tert-alkyl or cyclic N) is 1. The summed E-state index contributed by atoms with van der Waals surface area (Å²) in [6, 6.07) is 6.70. The van der Waals surface area contributed by atoms with Crippen LogP contribution < -0.4 is 4.74 Å². The van der Waals surface area contributed by atoms with E-state index in [1.807, 2.05) is 0 Å². The number of carbonyl (C=O) groups excluding carboxylic acids is 3. The molecular formula is C19H23NO5. The quantitative estimate of drug-likeness (QED) is 0.628. The van der Waals surface area contributed by atoms with Crippen LogP contribution in [0.4, 0.5) is 0 Å². The summed E-state index contributed by atoms with van der Waals surface area (Å²) in [4.78, 5) is 37.4. The van der Waals surface area contributed by atoms with Crippen LogP contribution in [0.5, 0.6) is 5.75 Å². The summed E-state index contributed by atoms with van der Waals surface area (Å²) in [6.45, 7) is 1.38. The van der Waals surface area contributed by atoms with Gasteiger partial charge < -0.3 is 9.84 Å². The van der Waals surface area contributed by atoms with E-state index >= 15 is 0 Å². The van der Waals surface area contributed by atoms with E-state index in [1.54, 1.807) is 24.3 Å². The van der Waals surface area contributed by atoms with Crippen LogP contribution >= 0.6 is 0 Å². The zero-order chi connectivity index (χ0) is 18.0. The van der Waals surface area contributed by atoms with Crippen molar-refractivity contribution < 1.29 is 24.2 Å². The second-order valence-corrected chi connectivity index (χ2v) is 6.83. The average Bonchev–Trinajstić information content (AvgIpc) is 2.85. The standard InChI is InChI=1S/C19H23NO5/c1-12(21)13-5-4-6-15(9-13)25-11-14(22)10-20-18(23)16-7-2-3-8-17(16)19(20)24/h4-6,9,14,16-17,22H,2-3,7-8,10-11H2,1H3/t14-,16-,17+/m1/s1. The lowest BCUT2D eigenvalue weighted by molar-refractivity contribution is -0.141. The van der Waals surface area contributed by atoms with Crippen LogP contribution in [0.3, 0.4) is 0 Å². The van der Waals surface area contributed by atoms with Crippen molar-refractivity contribution in [1.29, 1.82) is 0 Å². The van der Waals surface area contributed by atoms with Crippen molar-refractivity contribution in [2.75, 3.05) is 13.2 Å². The van der Waals surface area contributed by atoms with Crippen molar-refractivity contribution in [1.82, 2.24) is 4.90 Å². The van der Waals surface area contributed by atoms with Crippen LogP contribution in [0, 0.1) is 11.8 Å². The summed E-state index contributed by atoms with van der Waals surface area (Å²) < 4.78 is 5.51. The maximum absolute atomic E-state index is 12.4. The molecule has 0 bridgehead atoms. The number of likely N-dealkylation sites (tertiary alicyclic amines) is 1. The van der Waals surface area contributed by atoms with Gasteiger partial charge in [-0.15, -0.1) is 0 Å². The molecule has 1 aliphatic carbocycles. The molecule has 6 heteroatoms. The van der Waals surface area contributed by atoms with E-state index in [-0.39, 0.29) is 42.6 Å². The molecule has 1 saturated carbocycles. The van der Waals surface area contributed by atoms with Crippen molar-refractivity contribution in [3.05, 3.63) is 29.8 Å². The number of carbonyl (C=O) groups is 3. The molecule has 2 aliphatic rings. The Bertz CT molecular complexity index is 662. The van der Waals surface area contributed by atoms with E-state index in [0.717, 1.165) is 25.7 Å². The minimum atomic E-state index is -0.964. The molecule has 3 atom stereocenters. The molecular weight excluding hydrogens is 322 g/mol. The molecule has 2 amide bonds. The molecule has 25 heavy (non-hydrogen) atoms. The van der Waals surface area contributed by atoms with Crippen molar-refractivity contribution in [2.45, 2.75) is 38.7 Å². The van der Waals surface area contributed by atoms with Crippen molar-refractivity contribution in [2.24, 2.45) is 11.8 Å². The smallest absolute Gasteiger partial charge is 0.233 e. The first-order valence-corrected chi connectivity index (χ1v) is 8.74. The number of Topliss-reactive ketones (excluding diaryl/α,β-unsaturated/α-hetero) is 1. The maximum atomic E-state index is 12.4. The predicted molar refractivity (Wildman–Crippen MR) is 90.1 cm³/mol. The third-order valence-corrected chi connectivity index (χ3v) is 5.01. The van der Waals surface area contributed by atoms with Gasteiger partial charge in [0.2, 0.25) is 11.8 Å². The summed E-state index contributed by atoms with van der Waals surface area (Å²) >= 11 is 0. The predicted octanol–water partition coefficient (Wildman–Crippen LogP) is 1.80. The minimum absolute atomic E-state index is 0.0446. The summed E-state index contributed by atoms with van der Waals surface area (Å²) in [5.41, 5.74) is 0.529. The highest BCUT2D eigenvalue weighted by Crippen LogP contribution is 2.37. The number of ether oxygens (including phenoxy) is 1. The normalized spacial score (nSPS) is 24.2. The van der Waals surface area contributed by atoms with Crippen molar-refractivity contribution in [3.63, 3.8) is 0 Å². The number of amides is 2. The Hall–Kier alpha value is -2.21. The highest BCUT2D eigenvalue weighted by molar-refractivity contribution is 6.05. The fourth-order valence-electron chi connectivity index (χ4n) is 3.67. The van der Waals surface area contributed by atoms with Crippen LogP contribution in [0.25, 0.3) is 0 Å². The molecule has 0 aromatic heterocycles. The van der Waals surface area contributed by atoms with E-state index in [0.29, 0.717) is 11.3 Å². The molecule has 0 unspecified atom stereocenters. The first-order valence-electron chi connectivity index (χ1n) is 8.74. The van der Waals surface area contributed by atoms with E-state index in [1.165, 1.54) is 11.8 Å². The van der Waals surface area contributed by atoms with E-state index in [2.05, 4.69) is 0 Å². The van der Waals surface area contributed by atoms with E-state index in [9.17, 15) is 19.5 Å². The van der Waals surface area contributed by atoms with Gasteiger partial charge in [-0.05, 0) is 31.9 Å². The highest BCUT2D eigenvalue weighted by Gasteiger charge is 2.48. The maximum Gasteiger partial charge on any atom is 0.233 e. The third kappa shape index (κ3) is 3.74. The molecule has 1 aromatic carbocycles. The van der Waals surface area contributed by atoms with Gasteiger partial charge in [-0.25, -0.2) is 0 Å². The number of aliphatic hydroxyl groups is 1. The molecule has 1 heterocycles. The molecule has 6 nitrogen and oxygen atoms in total. The number of ketones is 1. The Morgan fingerprint density at radius 2 is 1.88 bits per heavy atom. The zero-order valence-corrected chi connectivity index (χ0v) is 14.3. The Morgan fingerprint density at radius 1 is 1.24 bits per heavy atom. The van der Waals surface area contributed by atoms with Gasteiger partial charge in [0.15, 0.2) is 5.78 Å². The van der Waals surface area contributed by atoms with Crippen molar-refractivity contribution >= 4 is 17.6 Å². The van der Waals surface area contributed by atoms with E-state index in [4.69, 9.17) is 4.74 Å². The number of benzene rings is 1. The average molecular weight is 345 g/mol. The summed E-state index contributed by atoms with van der Waals surface area (Å²) in [5, 5.41) is 10.2. The lowest BCUT2D eigenvalue weighted by atomic mass is 9.81. The van der Waals surface area contributed by atoms with Gasteiger partial charge in [0.1, 0.15) is 18.5 Å². The number of rotatable bonds is 6. The Balaban J connectivity index is 1.56. The summed E-state index contributed by atoms with van der Waals surface area (Å²) in [5.74, 6) is -0.329. The number of fused-ring (bicyclic) bond motifs is 1. The second kappa shape index (κ2) is 7.35. The van der Waals surface area contributed by atoms with E-state index < -0.39 is 6.10 Å². The molecule has 1 aromatic rings. The van der Waals surface area contributed by atoms with Crippen molar-refractivity contribution in [3.8, 4) is 5.75 Å². The molecule has 2 fully saturated rings. The van der Waals surface area contributed by atoms with Gasteiger partial charge in [0.05, 0.1) is 18.4 Å². The molecule has 134 valence electrons. The largest absolute Gasteiger partial charge is 0.491 e. The third-order valence-electron chi connectivity index (χ3n) is 5.01. The number of nitrogens with zero attached hydrogens (tertiary/aromatic N) is 1. The zero-order valence-electron chi connectivity index (χ0n) is 14.3. The monoisotopic (exact) mass is 345 g/mol. The van der Waals surface area contributed by atoms with Gasteiger partial charge in [0, 0.05) is 5.56 Å². The highest BCUT2D eigenvalue weighted by atomic mass is 16.5. The Labute approximate surface area is 146 Å². The van der Waals surface area contributed by atoms with Gasteiger partial charge in [-0.3, -0.25) is 19.3 Å². The van der Waals surface area contributed by atoms with Gasteiger partial charge in [-0.1, -0.05) is 25.0 Å². The van der Waals surface area contributed by atoms with Crippen LogP contribution in [0.2, 0.25) is 0 Å². The second-order valence-electron chi connectivity index (χ2n) is 6.83.